The molecule has 1 amide bonds. The Kier molecular flexibility index (Phi) is 4.04. The molecule has 0 spiro atoms. The summed E-state index contributed by atoms with van der Waals surface area (Å²) in [5.41, 5.74) is -2.05. The molecular weight excluding hydrogens is 274 g/mol. The minimum absolute atomic E-state index is 0.231. The number of aromatic amines is 2. The van der Waals surface area contributed by atoms with E-state index in [4.69, 9.17) is 0 Å². The third-order valence-electron chi connectivity index (χ3n) is 3.18. The highest BCUT2D eigenvalue weighted by molar-refractivity contribution is 5.94. The fraction of sp³-hybridized carbons (Fsp3) is 0.214. The van der Waals surface area contributed by atoms with Gasteiger partial charge in [-0.05, 0) is 12.5 Å². The maximum Gasteiger partial charge on any atom is 0.325 e. The first-order valence-electron chi connectivity index (χ1n) is 6.27. The van der Waals surface area contributed by atoms with Crippen LogP contribution in [0.15, 0.2) is 46.1 Å². The van der Waals surface area contributed by atoms with Crippen molar-refractivity contribution in [1.29, 1.82) is 0 Å². The van der Waals surface area contributed by atoms with Gasteiger partial charge in [-0.1, -0.05) is 30.3 Å². The largest absolute Gasteiger partial charge is 0.394 e. The normalized spacial score (nSPS) is 13.4. The van der Waals surface area contributed by atoms with E-state index >= 15 is 0 Å². The molecule has 2 rings (SSSR count). The van der Waals surface area contributed by atoms with Crippen molar-refractivity contribution in [2.75, 3.05) is 6.61 Å². The highest BCUT2D eigenvalue weighted by atomic mass is 16.3. The zero-order valence-electron chi connectivity index (χ0n) is 11.3. The number of carbonyl (C=O) groups excluding carboxylic acids is 1. The molecule has 0 fully saturated rings. The fourth-order valence-electron chi connectivity index (χ4n) is 1.91. The molecule has 1 aromatic heterocycles. The van der Waals surface area contributed by atoms with Gasteiger partial charge >= 0.3 is 5.69 Å². The fourth-order valence-corrected chi connectivity index (χ4v) is 1.91. The van der Waals surface area contributed by atoms with E-state index in [1.165, 1.54) is 0 Å². The first kappa shape index (κ1) is 14.7. The van der Waals surface area contributed by atoms with Crippen molar-refractivity contribution >= 4 is 5.91 Å². The van der Waals surface area contributed by atoms with Crippen molar-refractivity contribution in [2.24, 2.45) is 0 Å². The van der Waals surface area contributed by atoms with E-state index in [1.54, 1.807) is 31.2 Å². The predicted molar refractivity (Wildman–Crippen MR) is 76.0 cm³/mol. The van der Waals surface area contributed by atoms with Crippen LogP contribution in [0.4, 0.5) is 0 Å². The first-order chi connectivity index (χ1) is 9.96. The SMILES string of the molecule is CC(CO)(NC(=O)c1c[nH]c(=O)[nH]c1=O)c1ccccc1. The summed E-state index contributed by atoms with van der Waals surface area (Å²) in [5.74, 6) is -0.687. The lowest BCUT2D eigenvalue weighted by Crippen LogP contribution is -2.48. The summed E-state index contributed by atoms with van der Waals surface area (Å²) >= 11 is 0. The Hall–Kier alpha value is -2.67. The smallest absolute Gasteiger partial charge is 0.325 e. The van der Waals surface area contributed by atoms with Crippen molar-refractivity contribution < 1.29 is 9.90 Å². The third kappa shape index (κ3) is 3.09. The van der Waals surface area contributed by atoms with Gasteiger partial charge in [0.05, 0.1) is 12.1 Å². The van der Waals surface area contributed by atoms with E-state index in [0.29, 0.717) is 5.56 Å². The lowest BCUT2D eigenvalue weighted by atomic mass is 9.92. The molecule has 7 heteroatoms. The van der Waals surface area contributed by atoms with Gasteiger partial charge in [-0.15, -0.1) is 0 Å². The Morgan fingerprint density at radius 2 is 1.95 bits per heavy atom. The average molecular weight is 289 g/mol. The van der Waals surface area contributed by atoms with Gasteiger partial charge in [0.1, 0.15) is 5.56 Å². The lowest BCUT2D eigenvalue weighted by molar-refractivity contribution is 0.0847. The number of aliphatic hydroxyl groups excluding tert-OH is 1. The van der Waals surface area contributed by atoms with E-state index in [2.05, 4.69) is 10.3 Å². The second kappa shape index (κ2) is 5.76. The van der Waals surface area contributed by atoms with Crippen LogP contribution in [0.3, 0.4) is 0 Å². The zero-order chi connectivity index (χ0) is 15.5. The number of aliphatic hydroxyl groups is 1. The number of hydrogen-bond acceptors (Lipinski definition) is 4. The van der Waals surface area contributed by atoms with Gasteiger partial charge in [-0.3, -0.25) is 14.6 Å². The number of rotatable bonds is 4. The molecular formula is C14H15N3O4. The van der Waals surface area contributed by atoms with Crippen LogP contribution < -0.4 is 16.6 Å². The van der Waals surface area contributed by atoms with E-state index in [-0.39, 0.29) is 12.2 Å². The molecule has 1 atom stereocenters. The quantitative estimate of drug-likeness (QED) is 0.618. The Labute approximate surface area is 119 Å². The third-order valence-corrected chi connectivity index (χ3v) is 3.18. The standard InChI is InChI=1S/C14H15N3O4/c1-14(8-18,9-5-3-2-4-6-9)17-12(20)10-7-15-13(21)16-11(10)19/h2-7,18H,8H2,1H3,(H,17,20)(H2,15,16,19,21). The number of benzene rings is 1. The monoisotopic (exact) mass is 289 g/mol. The van der Waals surface area contributed by atoms with Crippen molar-refractivity contribution in [3.05, 3.63) is 68.5 Å². The molecule has 110 valence electrons. The van der Waals surface area contributed by atoms with Crippen LogP contribution in [0, 0.1) is 0 Å². The molecule has 0 bridgehead atoms. The second-order valence-corrected chi connectivity index (χ2v) is 4.80. The molecule has 0 saturated carbocycles. The van der Waals surface area contributed by atoms with Gasteiger partial charge < -0.3 is 15.4 Å². The zero-order valence-corrected chi connectivity index (χ0v) is 11.3. The van der Waals surface area contributed by atoms with Crippen LogP contribution in [-0.4, -0.2) is 27.6 Å². The van der Waals surface area contributed by atoms with E-state index in [1.807, 2.05) is 11.1 Å². The van der Waals surface area contributed by atoms with Crippen molar-refractivity contribution in [3.8, 4) is 0 Å². The molecule has 0 saturated heterocycles. The van der Waals surface area contributed by atoms with Gasteiger partial charge in [-0.2, -0.15) is 0 Å². The molecule has 1 heterocycles. The predicted octanol–water partition coefficient (Wildman–Crippen LogP) is -0.299. The molecule has 0 aliphatic carbocycles. The van der Waals surface area contributed by atoms with Crippen LogP contribution >= 0.6 is 0 Å². The van der Waals surface area contributed by atoms with Crippen LogP contribution in [0.5, 0.6) is 0 Å². The average Bonchev–Trinajstić information content (AvgIpc) is 2.47. The summed E-state index contributed by atoms with van der Waals surface area (Å²) in [7, 11) is 0. The van der Waals surface area contributed by atoms with Gasteiger partial charge in [-0.25, -0.2) is 4.79 Å². The Balaban J connectivity index is 2.32. The molecule has 21 heavy (non-hydrogen) atoms. The second-order valence-electron chi connectivity index (χ2n) is 4.80. The number of H-pyrrole nitrogens is 2. The minimum Gasteiger partial charge on any atom is -0.394 e. The summed E-state index contributed by atoms with van der Waals surface area (Å²) < 4.78 is 0. The molecule has 0 radical (unpaired) electrons. The van der Waals surface area contributed by atoms with Crippen LogP contribution in [-0.2, 0) is 5.54 Å². The van der Waals surface area contributed by atoms with Gasteiger partial charge in [0, 0.05) is 6.20 Å². The van der Waals surface area contributed by atoms with Crippen molar-refractivity contribution in [3.63, 3.8) is 0 Å². The van der Waals surface area contributed by atoms with Crippen LogP contribution in [0.2, 0.25) is 0 Å². The van der Waals surface area contributed by atoms with Gasteiger partial charge in [0.15, 0.2) is 0 Å². The summed E-state index contributed by atoms with van der Waals surface area (Å²) in [6.07, 6.45) is 1.04. The minimum atomic E-state index is -1.04. The lowest BCUT2D eigenvalue weighted by Gasteiger charge is -2.29. The van der Waals surface area contributed by atoms with E-state index < -0.39 is 22.7 Å². The molecule has 1 aromatic carbocycles. The number of aromatic nitrogens is 2. The molecule has 2 aromatic rings. The molecule has 4 N–H and O–H groups in total. The summed E-state index contributed by atoms with van der Waals surface area (Å²) in [5, 5.41) is 12.2. The molecule has 0 aliphatic heterocycles. The Bertz CT molecular complexity index is 751. The summed E-state index contributed by atoms with van der Waals surface area (Å²) in [4.78, 5) is 38.9. The maximum absolute atomic E-state index is 12.2. The highest BCUT2D eigenvalue weighted by Gasteiger charge is 2.29. The molecule has 0 aliphatic rings. The van der Waals surface area contributed by atoms with Gasteiger partial charge in [0.2, 0.25) is 0 Å². The number of carbonyl (C=O) groups is 1. The number of nitrogens with one attached hydrogen (secondary N) is 3. The molecule has 1 unspecified atom stereocenters. The van der Waals surface area contributed by atoms with E-state index in [0.717, 1.165) is 6.20 Å². The maximum atomic E-state index is 12.2. The summed E-state index contributed by atoms with van der Waals surface area (Å²) in [6.45, 7) is 1.30. The van der Waals surface area contributed by atoms with Gasteiger partial charge in [0.25, 0.3) is 11.5 Å². The van der Waals surface area contributed by atoms with Crippen molar-refractivity contribution in [1.82, 2.24) is 15.3 Å². The van der Waals surface area contributed by atoms with Crippen molar-refractivity contribution in [2.45, 2.75) is 12.5 Å². The number of amides is 1. The molecule has 7 nitrogen and oxygen atoms in total. The van der Waals surface area contributed by atoms with Crippen LogP contribution in [0.25, 0.3) is 0 Å². The van der Waals surface area contributed by atoms with Crippen LogP contribution in [0.1, 0.15) is 22.8 Å². The Morgan fingerprint density at radius 3 is 2.52 bits per heavy atom. The highest BCUT2D eigenvalue weighted by Crippen LogP contribution is 2.20. The van der Waals surface area contributed by atoms with E-state index in [9.17, 15) is 19.5 Å². The first-order valence-corrected chi connectivity index (χ1v) is 6.27. The summed E-state index contributed by atoms with van der Waals surface area (Å²) in [6, 6.07) is 8.89. The Morgan fingerprint density at radius 1 is 1.29 bits per heavy atom. The topological polar surface area (TPSA) is 115 Å². The number of hydrogen-bond donors (Lipinski definition) is 4.